The number of likely N-dealkylation sites (tertiary alicyclic amines) is 1. The second kappa shape index (κ2) is 6.99. The van der Waals surface area contributed by atoms with Gasteiger partial charge in [-0.05, 0) is 68.7 Å². The average molecular weight is 500 g/mol. The van der Waals surface area contributed by atoms with Crippen molar-refractivity contribution in [2.75, 3.05) is 20.2 Å². The zero-order valence-electron chi connectivity index (χ0n) is 22.0. The standard InChI is InChI=1S/C32H37NO4/c1-19-5-4-6-22(15-19)27(35)29(2)18-30-11-12-32(29,36-3)28-31(30)13-14-33(17-20-7-8-20)24(30)16-21-9-10-23(34)26(37-28)25(21)31/h4-6,9-12,15,20,24,27-28,34-35H,7-8,13-14,16-18H2,1-3H3/t24-,27-,28-,29-,30-,31+,32+/m1/s1. The molecule has 5 nitrogen and oxygen atoms in total. The highest BCUT2D eigenvalue weighted by molar-refractivity contribution is 5.65. The first-order valence-electron chi connectivity index (χ1n) is 14.1. The van der Waals surface area contributed by atoms with Crippen LogP contribution in [0.25, 0.3) is 0 Å². The van der Waals surface area contributed by atoms with Crippen molar-refractivity contribution in [2.45, 2.75) is 75.2 Å². The van der Waals surface area contributed by atoms with Crippen LogP contribution in [0.1, 0.15) is 61.0 Å². The zero-order chi connectivity index (χ0) is 25.4. The molecule has 2 aromatic rings. The van der Waals surface area contributed by atoms with Crippen molar-refractivity contribution in [2.24, 2.45) is 16.7 Å². The van der Waals surface area contributed by atoms with Gasteiger partial charge in [0.25, 0.3) is 0 Å². The van der Waals surface area contributed by atoms with Crippen LogP contribution in [0.5, 0.6) is 11.5 Å². The Kier molecular flexibility index (Phi) is 4.28. The first-order chi connectivity index (χ1) is 17.8. The molecule has 2 saturated carbocycles. The summed E-state index contributed by atoms with van der Waals surface area (Å²) < 4.78 is 13.5. The molecule has 2 aliphatic heterocycles. The number of fused-ring (bicyclic) bond motifs is 1. The Morgan fingerprint density at radius 2 is 2.03 bits per heavy atom. The number of aliphatic hydroxyl groups excluding tert-OH is 1. The Hall–Kier alpha value is -2.34. The van der Waals surface area contributed by atoms with Crippen molar-refractivity contribution in [3.63, 3.8) is 0 Å². The van der Waals surface area contributed by atoms with Crippen molar-refractivity contribution < 1.29 is 19.7 Å². The molecule has 3 fully saturated rings. The number of aromatic hydroxyl groups is 1. The number of piperidine rings is 1. The summed E-state index contributed by atoms with van der Waals surface area (Å²) in [4.78, 5) is 2.77. The van der Waals surface area contributed by atoms with Crippen LogP contribution >= 0.6 is 0 Å². The second-order valence-corrected chi connectivity index (χ2v) is 13.1. The molecule has 2 heterocycles. The monoisotopic (exact) mass is 499 g/mol. The fraction of sp³-hybridized carbons (Fsp3) is 0.562. The van der Waals surface area contributed by atoms with Gasteiger partial charge in [0, 0.05) is 36.1 Å². The second-order valence-electron chi connectivity index (χ2n) is 13.1. The Bertz CT molecular complexity index is 1350. The lowest BCUT2D eigenvalue weighted by Crippen LogP contribution is -2.81. The third kappa shape index (κ3) is 2.44. The molecule has 37 heavy (non-hydrogen) atoms. The number of phenolic OH excluding ortho intramolecular Hbond substituents is 1. The van der Waals surface area contributed by atoms with Crippen LogP contribution in [0.3, 0.4) is 0 Å². The van der Waals surface area contributed by atoms with Crippen molar-refractivity contribution in [1.82, 2.24) is 4.90 Å². The molecule has 194 valence electrons. The van der Waals surface area contributed by atoms with E-state index in [1.165, 1.54) is 24.0 Å². The molecule has 0 unspecified atom stereocenters. The smallest absolute Gasteiger partial charge is 0.165 e. The zero-order valence-corrected chi connectivity index (χ0v) is 22.0. The molecule has 5 aliphatic carbocycles. The first kappa shape index (κ1) is 22.6. The molecule has 0 radical (unpaired) electrons. The van der Waals surface area contributed by atoms with Crippen LogP contribution in [0.15, 0.2) is 48.6 Å². The van der Waals surface area contributed by atoms with E-state index in [4.69, 9.17) is 9.47 Å². The van der Waals surface area contributed by atoms with Gasteiger partial charge in [-0.15, -0.1) is 0 Å². The van der Waals surface area contributed by atoms with Crippen molar-refractivity contribution >= 4 is 0 Å². The highest BCUT2D eigenvalue weighted by Crippen LogP contribution is 2.78. The first-order valence-corrected chi connectivity index (χ1v) is 14.1. The number of hydrogen-bond acceptors (Lipinski definition) is 5. The Morgan fingerprint density at radius 1 is 1.19 bits per heavy atom. The van der Waals surface area contributed by atoms with Gasteiger partial charge in [-0.3, -0.25) is 4.90 Å². The summed E-state index contributed by atoms with van der Waals surface area (Å²) in [6, 6.07) is 12.5. The van der Waals surface area contributed by atoms with E-state index >= 15 is 0 Å². The molecule has 0 amide bonds. The summed E-state index contributed by atoms with van der Waals surface area (Å²) in [6.45, 7) is 6.49. The van der Waals surface area contributed by atoms with Gasteiger partial charge < -0.3 is 19.7 Å². The lowest BCUT2D eigenvalue weighted by molar-refractivity contribution is -0.270. The molecule has 2 aromatic carbocycles. The van der Waals surface area contributed by atoms with Gasteiger partial charge in [-0.25, -0.2) is 0 Å². The third-order valence-corrected chi connectivity index (χ3v) is 11.5. The van der Waals surface area contributed by atoms with Crippen molar-refractivity contribution in [1.29, 1.82) is 0 Å². The van der Waals surface area contributed by atoms with Gasteiger partial charge in [0.05, 0.1) is 11.5 Å². The lowest BCUT2D eigenvalue weighted by atomic mass is 9.33. The van der Waals surface area contributed by atoms with Crippen LogP contribution in [0.2, 0.25) is 0 Å². The summed E-state index contributed by atoms with van der Waals surface area (Å²) in [5.74, 6) is 1.69. The van der Waals surface area contributed by atoms with Crippen LogP contribution in [0.4, 0.5) is 0 Å². The number of phenols is 1. The third-order valence-electron chi connectivity index (χ3n) is 11.5. The fourth-order valence-corrected chi connectivity index (χ4v) is 9.75. The summed E-state index contributed by atoms with van der Waals surface area (Å²) in [7, 11) is 1.77. The number of rotatable bonds is 5. The maximum absolute atomic E-state index is 12.2. The van der Waals surface area contributed by atoms with Crippen molar-refractivity contribution in [3.8, 4) is 11.5 Å². The average Bonchev–Trinajstić information content (AvgIpc) is 3.63. The minimum atomic E-state index is -0.832. The largest absolute Gasteiger partial charge is 0.504 e. The van der Waals surface area contributed by atoms with Gasteiger partial charge in [0.2, 0.25) is 0 Å². The van der Waals surface area contributed by atoms with Crippen LogP contribution in [0, 0.1) is 23.7 Å². The maximum atomic E-state index is 12.2. The molecule has 7 atom stereocenters. The number of benzene rings is 2. The summed E-state index contributed by atoms with van der Waals surface area (Å²) in [6.07, 6.45) is 9.13. The maximum Gasteiger partial charge on any atom is 0.165 e. The number of aliphatic hydroxyl groups is 1. The minimum absolute atomic E-state index is 0.198. The fourth-order valence-electron chi connectivity index (χ4n) is 9.75. The molecule has 2 spiro atoms. The Balaban J connectivity index is 1.38. The van der Waals surface area contributed by atoms with Crippen molar-refractivity contribution in [3.05, 3.63) is 70.8 Å². The summed E-state index contributed by atoms with van der Waals surface area (Å²) in [5.41, 5.74) is 2.70. The van der Waals surface area contributed by atoms with E-state index in [1.807, 2.05) is 18.2 Å². The summed E-state index contributed by atoms with van der Waals surface area (Å²) >= 11 is 0. The molecular formula is C32H37NO4. The number of nitrogens with zero attached hydrogens (tertiary/aromatic N) is 1. The van der Waals surface area contributed by atoms with Crippen LogP contribution < -0.4 is 4.74 Å². The molecule has 5 heteroatoms. The molecule has 1 saturated heterocycles. The van der Waals surface area contributed by atoms with E-state index in [1.54, 1.807) is 7.11 Å². The molecule has 7 aliphatic rings. The number of aryl methyl sites for hydroxylation is 1. The van der Waals surface area contributed by atoms with E-state index in [9.17, 15) is 10.2 Å². The summed E-state index contributed by atoms with van der Waals surface area (Å²) in [5, 5.41) is 23.2. The van der Waals surface area contributed by atoms with E-state index < -0.39 is 17.1 Å². The molecule has 2 N–H and O–H groups in total. The van der Waals surface area contributed by atoms with Gasteiger partial charge in [-0.1, -0.05) is 55.0 Å². The minimum Gasteiger partial charge on any atom is -0.504 e. The van der Waals surface area contributed by atoms with Gasteiger partial charge in [0.1, 0.15) is 11.7 Å². The van der Waals surface area contributed by atoms with Gasteiger partial charge >= 0.3 is 0 Å². The Morgan fingerprint density at radius 3 is 2.78 bits per heavy atom. The number of methoxy groups -OCH3 is 1. The molecule has 9 rings (SSSR count). The topological polar surface area (TPSA) is 62.2 Å². The van der Waals surface area contributed by atoms with E-state index in [0.717, 1.165) is 49.4 Å². The highest BCUT2D eigenvalue weighted by Gasteiger charge is 2.82. The Labute approximate surface area is 219 Å². The number of hydrogen-bond donors (Lipinski definition) is 2. The quantitative estimate of drug-likeness (QED) is 0.578. The van der Waals surface area contributed by atoms with E-state index in [2.05, 4.69) is 49.1 Å². The van der Waals surface area contributed by atoms with Gasteiger partial charge in [-0.2, -0.15) is 0 Å². The van der Waals surface area contributed by atoms with E-state index in [0.29, 0.717) is 11.8 Å². The van der Waals surface area contributed by atoms with E-state index in [-0.39, 0.29) is 22.7 Å². The highest BCUT2D eigenvalue weighted by atomic mass is 16.6. The molecular weight excluding hydrogens is 462 g/mol. The normalized spacial score (nSPS) is 41.4. The number of ether oxygens (including phenoxy) is 2. The SMILES string of the molecule is CO[C@]12C=C[C@@]3(C[C@]1(C)[C@H](O)c1cccc(C)c1)[C@H]1Cc4ccc(O)c5c4[C@@]3(CCN1CC1CC1)[C@H]2O5. The predicted octanol–water partition coefficient (Wildman–Crippen LogP) is 4.82. The lowest BCUT2D eigenvalue weighted by Gasteiger charge is -2.74. The van der Waals surface area contributed by atoms with Crippen LogP contribution in [-0.4, -0.2) is 53.1 Å². The molecule has 0 aromatic heterocycles. The molecule has 4 bridgehead atoms. The van der Waals surface area contributed by atoms with Gasteiger partial charge in [0.15, 0.2) is 11.5 Å². The predicted molar refractivity (Wildman–Crippen MR) is 141 cm³/mol. The van der Waals surface area contributed by atoms with Crippen LogP contribution in [-0.2, 0) is 16.6 Å².